The molecule has 0 saturated carbocycles. The second kappa shape index (κ2) is 7.51. The monoisotopic (exact) mass is 356 g/mol. The summed E-state index contributed by atoms with van der Waals surface area (Å²) in [6, 6.07) is 7.84. The van der Waals surface area contributed by atoms with Gasteiger partial charge in [-0.3, -0.25) is 0 Å². The summed E-state index contributed by atoms with van der Waals surface area (Å²) in [5, 5.41) is 14.8. The van der Waals surface area contributed by atoms with E-state index in [4.69, 9.17) is 9.39 Å². The zero-order chi connectivity index (χ0) is 18.8. The molecule has 0 spiro atoms. The van der Waals surface area contributed by atoms with Gasteiger partial charge in [0.15, 0.2) is 12.1 Å². The molecule has 26 heavy (non-hydrogen) atoms. The average molecular weight is 356 g/mol. The molecule has 1 aromatic carbocycles. The first-order valence-corrected chi connectivity index (χ1v) is 9.13. The zero-order valence-electron chi connectivity index (χ0n) is 16.0. The summed E-state index contributed by atoms with van der Waals surface area (Å²) in [5.74, 6) is 0.663. The Labute approximate surface area is 155 Å². The number of aromatic nitrogens is 3. The molecule has 0 aliphatic carbocycles. The predicted molar refractivity (Wildman–Crippen MR) is 101 cm³/mol. The first kappa shape index (κ1) is 19.1. The van der Waals surface area contributed by atoms with Crippen molar-refractivity contribution in [3.63, 3.8) is 0 Å². The summed E-state index contributed by atoms with van der Waals surface area (Å²) < 4.78 is 13.4. The Morgan fingerprint density at radius 1 is 1.27 bits per heavy atom. The molecule has 1 aliphatic heterocycles. The topological polar surface area (TPSA) is 69.4 Å². The molecule has 1 radical (unpaired) electrons. The van der Waals surface area contributed by atoms with Crippen LogP contribution in [-0.4, -0.2) is 45.2 Å². The van der Waals surface area contributed by atoms with E-state index in [1.54, 1.807) is 32.3 Å². The molecule has 1 saturated heterocycles. The van der Waals surface area contributed by atoms with Crippen molar-refractivity contribution >= 4 is 12.9 Å². The van der Waals surface area contributed by atoms with Crippen LogP contribution in [0, 0.1) is 0 Å². The highest BCUT2D eigenvalue weighted by atomic mass is 16.5. The molecule has 1 aromatic heterocycles. The Balaban J connectivity index is 1.70. The van der Waals surface area contributed by atoms with Crippen molar-refractivity contribution in [3.05, 3.63) is 30.6 Å². The molecule has 7 heteroatoms. The molecule has 1 aliphatic rings. The minimum atomic E-state index is -0.957. The minimum Gasteiger partial charge on any atom is -0.427 e. The predicted octanol–water partition coefficient (Wildman–Crippen LogP) is 2.45. The van der Waals surface area contributed by atoms with Gasteiger partial charge in [-0.15, -0.1) is 5.10 Å². The van der Waals surface area contributed by atoms with Gasteiger partial charge in [-0.1, -0.05) is 29.7 Å². The molecule has 0 amide bonds. The first-order chi connectivity index (χ1) is 12.3. The fourth-order valence-corrected chi connectivity index (χ4v) is 2.59. The molecule has 1 N–H and O–H groups in total. The lowest BCUT2D eigenvalue weighted by Gasteiger charge is -2.37. The van der Waals surface area contributed by atoms with E-state index in [-0.39, 0.29) is 6.23 Å². The molecule has 2 heterocycles. The Bertz CT molecular complexity index is 734. The third-order valence-corrected chi connectivity index (χ3v) is 5.07. The van der Waals surface area contributed by atoms with Gasteiger partial charge in [0.2, 0.25) is 0 Å². The number of benzene rings is 1. The lowest BCUT2D eigenvalue weighted by Crippen LogP contribution is -2.49. The van der Waals surface area contributed by atoms with Crippen LogP contribution >= 0.6 is 0 Å². The molecule has 2 aromatic rings. The number of nitrogens with zero attached hydrogens (tertiary/aromatic N) is 3. The van der Waals surface area contributed by atoms with Gasteiger partial charge in [0.25, 0.3) is 0 Å². The van der Waals surface area contributed by atoms with E-state index in [1.807, 2.05) is 38.1 Å². The Morgan fingerprint density at radius 3 is 2.77 bits per heavy atom. The smallest absolute Gasteiger partial charge is 0.330 e. The third kappa shape index (κ3) is 4.34. The van der Waals surface area contributed by atoms with Crippen LogP contribution in [0.15, 0.2) is 30.6 Å². The molecular weight excluding hydrogens is 329 g/mol. The SMILES string of the molecule is CC(C)(O)C(C)(C)O[B]c1cccc(-c2ncn(C3CCCCO3)n2)c1. The summed E-state index contributed by atoms with van der Waals surface area (Å²) >= 11 is 0. The van der Waals surface area contributed by atoms with Crippen LogP contribution in [-0.2, 0) is 9.39 Å². The van der Waals surface area contributed by atoms with E-state index < -0.39 is 11.2 Å². The molecule has 139 valence electrons. The zero-order valence-corrected chi connectivity index (χ0v) is 16.0. The maximum atomic E-state index is 10.2. The molecular formula is C19H27BN3O3. The Hall–Kier alpha value is -1.70. The maximum absolute atomic E-state index is 10.2. The van der Waals surface area contributed by atoms with Crippen molar-refractivity contribution in [1.29, 1.82) is 0 Å². The number of hydrogen-bond donors (Lipinski definition) is 1. The molecule has 1 atom stereocenters. The lowest BCUT2D eigenvalue weighted by atomic mass is 9.82. The standard InChI is InChI=1S/C19H27BN3O3/c1-18(2,24)19(3,4)26-20-15-9-7-8-14(12-15)17-21-13-23(22-17)16-10-5-6-11-25-16/h7-9,12-13,16,24H,5-6,10-11H2,1-4H3. The number of rotatable bonds is 6. The maximum Gasteiger partial charge on any atom is 0.330 e. The van der Waals surface area contributed by atoms with Gasteiger partial charge in [-0.05, 0) is 47.0 Å². The van der Waals surface area contributed by atoms with Crippen molar-refractivity contribution in [2.24, 2.45) is 0 Å². The summed E-state index contributed by atoms with van der Waals surface area (Å²) in [4.78, 5) is 4.43. The van der Waals surface area contributed by atoms with E-state index in [0.717, 1.165) is 36.9 Å². The van der Waals surface area contributed by atoms with Gasteiger partial charge < -0.3 is 14.5 Å². The number of hydrogen-bond acceptors (Lipinski definition) is 5. The second-order valence-corrected chi connectivity index (χ2v) is 7.80. The Kier molecular flexibility index (Phi) is 5.51. The lowest BCUT2D eigenvalue weighted by molar-refractivity contribution is -0.0893. The van der Waals surface area contributed by atoms with Gasteiger partial charge in [0.05, 0.1) is 11.2 Å². The van der Waals surface area contributed by atoms with Gasteiger partial charge in [-0.2, -0.15) is 0 Å². The fourth-order valence-electron chi connectivity index (χ4n) is 2.59. The summed E-state index contributed by atoms with van der Waals surface area (Å²) in [6.07, 6.45) is 4.94. The third-order valence-electron chi connectivity index (χ3n) is 5.07. The Morgan fingerprint density at radius 2 is 2.08 bits per heavy atom. The van der Waals surface area contributed by atoms with Gasteiger partial charge >= 0.3 is 7.48 Å². The van der Waals surface area contributed by atoms with Crippen LogP contribution < -0.4 is 5.46 Å². The van der Waals surface area contributed by atoms with E-state index >= 15 is 0 Å². The normalized spacial score (nSPS) is 18.7. The van der Waals surface area contributed by atoms with Crippen LogP contribution in [0.3, 0.4) is 0 Å². The van der Waals surface area contributed by atoms with Crippen molar-refractivity contribution in [1.82, 2.24) is 14.8 Å². The van der Waals surface area contributed by atoms with Gasteiger partial charge in [0, 0.05) is 12.2 Å². The number of aliphatic hydroxyl groups is 1. The summed E-state index contributed by atoms with van der Waals surface area (Å²) in [6.45, 7) is 7.97. The van der Waals surface area contributed by atoms with Crippen LogP contribution in [0.5, 0.6) is 0 Å². The van der Waals surface area contributed by atoms with Crippen molar-refractivity contribution in [3.8, 4) is 11.4 Å². The highest BCUT2D eigenvalue weighted by Crippen LogP contribution is 2.25. The van der Waals surface area contributed by atoms with E-state index in [1.165, 1.54) is 0 Å². The highest BCUT2D eigenvalue weighted by Gasteiger charge is 2.35. The van der Waals surface area contributed by atoms with Crippen LogP contribution in [0.2, 0.25) is 0 Å². The summed E-state index contributed by atoms with van der Waals surface area (Å²) in [7, 11) is 1.67. The van der Waals surface area contributed by atoms with Crippen molar-refractivity contribution < 1.29 is 14.5 Å². The van der Waals surface area contributed by atoms with E-state index in [2.05, 4.69) is 10.1 Å². The largest absolute Gasteiger partial charge is 0.427 e. The van der Waals surface area contributed by atoms with E-state index in [0.29, 0.717) is 5.82 Å². The highest BCUT2D eigenvalue weighted by molar-refractivity contribution is 6.47. The second-order valence-electron chi connectivity index (χ2n) is 7.80. The molecule has 6 nitrogen and oxygen atoms in total. The van der Waals surface area contributed by atoms with Gasteiger partial charge in [0.1, 0.15) is 6.33 Å². The van der Waals surface area contributed by atoms with Crippen molar-refractivity contribution in [2.75, 3.05) is 6.61 Å². The fraction of sp³-hybridized carbons (Fsp3) is 0.579. The van der Waals surface area contributed by atoms with Crippen molar-refractivity contribution in [2.45, 2.75) is 64.4 Å². The quantitative estimate of drug-likeness (QED) is 0.806. The van der Waals surface area contributed by atoms with Gasteiger partial charge in [-0.25, -0.2) is 9.67 Å². The first-order valence-electron chi connectivity index (χ1n) is 9.13. The molecule has 1 fully saturated rings. The van der Waals surface area contributed by atoms with E-state index in [9.17, 15) is 5.11 Å². The number of ether oxygens (including phenoxy) is 1. The average Bonchev–Trinajstić information content (AvgIpc) is 3.10. The van der Waals surface area contributed by atoms with Crippen LogP contribution in [0.25, 0.3) is 11.4 Å². The summed E-state index contributed by atoms with van der Waals surface area (Å²) in [5.41, 5.74) is 0.144. The molecule has 0 bridgehead atoms. The molecule has 3 rings (SSSR count). The van der Waals surface area contributed by atoms with Crippen LogP contribution in [0.1, 0.15) is 53.2 Å². The molecule has 1 unspecified atom stereocenters. The minimum absolute atomic E-state index is 0.0179. The van der Waals surface area contributed by atoms with Crippen LogP contribution in [0.4, 0.5) is 0 Å².